The van der Waals surface area contributed by atoms with Crippen LogP contribution in [0.15, 0.2) is 58.8 Å². The molecule has 1 aliphatic heterocycles. The molecule has 0 unspecified atom stereocenters. The lowest BCUT2D eigenvalue weighted by Crippen LogP contribution is -2.35. The van der Waals surface area contributed by atoms with Gasteiger partial charge in [-0.3, -0.25) is 15.0 Å². The van der Waals surface area contributed by atoms with Gasteiger partial charge in [0.1, 0.15) is 0 Å². The average molecular weight is 426 g/mol. The first kappa shape index (κ1) is 20.1. The summed E-state index contributed by atoms with van der Waals surface area (Å²) in [4.78, 5) is 20.8. The summed E-state index contributed by atoms with van der Waals surface area (Å²) >= 11 is 3.15. The molecule has 0 radical (unpaired) electrons. The SMILES string of the molecule is CSc1ccc(-c2csc(NC(=O)c3cccc(CN4CCOCC4)c3)n2)cc1. The van der Waals surface area contributed by atoms with Gasteiger partial charge < -0.3 is 4.74 Å². The summed E-state index contributed by atoms with van der Waals surface area (Å²) in [5, 5.41) is 5.51. The highest BCUT2D eigenvalue weighted by molar-refractivity contribution is 7.98. The quantitative estimate of drug-likeness (QED) is 0.584. The zero-order chi connectivity index (χ0) is 20.1. The summed E-state index contributed by atoms with van der Waals surface area (Å²) in [5.41, 5.74) is 3.70. The number of hydrogen-bond donors (Lipinski definition) is 1. The molecule has 0 bridgehead atoms. The van der Waals surface area contributed by atoms with Gasteiger partial charge in [0.15, 0.2) is 5.13 Å². The molecule has 2 aromatic carbocycles. The molecule has 5 nitrogen and oxygen atoms in total. The molecular formula is C22H23N3O2S2. The molecule has 0 atom stereocenters. The van der Waals surface area contributed by atoms with Gasteiger partial charge in [-0.1, -0.05) is 24.3 Å². The summed E-state index contributed by atoms with van der Waals surface area (Å²) in [7, 11) is 0. The molecule has 1 fully saturated rings. The molecule has 1 aliphatic rings. The Labute approximate surface area is 179 Å². The Morgan fingerprint density at radius 2 is 2.00 bits per heavy atom. The highest BCUT2D eigenvalue weighted by Gasteiger charge is 2.13. The highest BCUT2D eigenvalue weighted by Crippen LogP contribution is 2.27. The third-order valence-corrected chi connectivity index (χ3v) is 6.31. The maximum atomic E-state index is 12.7. The van der Waals surface area contributed by atoms with Crippen LogP contribution in [0.25, 0.3) is 11.3 Å². The fourth-order valence-electron chi connectivity index (χ4n) is 3.22. The van der Waals surface area contributed by atoms with Crippen LogP contribution in [0.1, 0.15) is 15.9 Å². The normalized spacial score (nSPS) is 14.7. The monoisotopic (exact) mass is 425 g/mol. The number of ether oxygens (including phenoxy) is 1. The Morgan fingerprint density at radius 1 is 1.21 bits per heavy atom. The fraction of sp³-hybridized carbons (Fsp3) is 0.273. The Balaban J connectivity index is 1.41. The van der Waals surface area contributed by atoms with Gasteiger partial charge in [0.05, 0.1) is 18.9 Å². The van der Waals surface area contributed by atoms with Crippen LogP contribution in [0.3, 0.4) is 0 Å². The number of carbonyl (C=O) groups is 1. The summed E-state index contributed by atoms with van der Waals surface area (Å²) < 4.78 is 5.40. The topological polar surface area (TPSA) is 54.5 Å². The molecule has 0 aliphatic carbocycles. The lowest BCUT2D eigenvalue weighted by atomic mass is 10.1. The van der Waals surface area contributed by atoms with Crippen LogP contribution in [0.4, 0.5) is 5.13 Å². The summed E-state index contributed by atoms with van der Waals surface area (Å²) in [5.74, 6) is -0.132. The number of amides is 1. The molecule has 29 heavy (non-hydrogen) atoms. The van der Waals surface area contributed by atoms with Crippen molar-refractivity contribution in [2.75, 3.05) is 37.9 Å². The Hall–Kier alpha value is -2.19. The van der Waals surface area contributed by atoms with Crippen LogP contribution in [-0.4, -0.2) is 48.4 Å². The number of rotatable bonds is 6. The van der Waals surface area contributed by atoms with Crippen molar-refractivity contribution in [1.82, 2.24) is 9.88 Å². The molecule has 0 spiro atoms. The number of thioether (sulfide) groups is 1. The maximum Gasteiger partial charge on any atom is 0.257 e. The molecule has 1 saturated heterocycles. The van der Waals surface area contributed by atoms with Crippen LogP contribution in [0.2, 0.25) is 0 Å². The first-order valence-electron chi connectivity index (χ1n) is 9.51. The minimum atomic E-state index is -0.132. The minimum Gasteiger partial charge on any atom is -0.379 e. The van der Waals surface area contributed by atoms with E-state index in [9.17, 15) is 4.79 Å². The van der Waals surface area contributed by atoms with E-state index in [0.717, 1.165) is 49.7 Å². The molecule has 0 saturated carbocycles. The minimum absolute atomic E-state index is 0.132. The number of aromatic nitrogens is 1. The van der Waals surface area contributed by atoms with E-state index < -0.39 is 0 Å². The zero-order valence-corrected chi connectivity index (χ0v) is 17.9. The van der Waals surface area contributed by atoms with Crippen molar-refractivity contribution in [2.24, 2.45) is 0 Å². The van der Waals surface area contributed by atoms with E-state index in [2.05, 4.69) is 51.8 Å². The van der Waals surface area contributed by atoms with Crippen molar-refractivity contribution in [1.29, 1.82) is 0 Å². The van der Waals surface area contributed by atoms with Crippen molar-refractivity contribution in [2.45, 2.75) is 11.4 Å². The van der Waals surface area contributed by atoms with E-state index in [-0.39, 0.29) is 5.91 Å². The van der Waals surface area contributed by atoms with Gasteiger partial charge in [-0.15, -0.1) is 23.1 Å². The van der Waals surface area contributed by atoms with Gasteiger partial charge in [-0.25, -0.2) is 4.98 Å². The largest absolute Gasteiger partial charge is 0.379 e. The van der Waals surface area contributed by atoms with Crippen molar-refractivity contribution < 1.29 is 9.53 Å². The molecule has 150 valence electrons. The molecule has 2 heterocycles. The zero-order valence-electron chi connectivity index (χ0n) is 16.3. The first-order chi connectivity index (χ1) is 14.2. The molecule has 4 rings (SSSR count). The van der Waals surface area contributed by atoms with Gasteiger partial charge in [0.25, 0.3) is 5.91 Å². The summed E-state index contributed by atoms with van der Waals surface area (Å²) in [6.07, 6.45) is 2.06. The summed E-state index contributed by atoms with van der Waals surface area (Å²) in [6.45, 7) is 4.23. The predicted octanol–water partition coefficient (Wildman–Crippen LogP) is 4.62. The second-order valence-corrected chi connectivity index (χ2v) is 8.55. The fourth-order valence-corrected chi connectivity index (χ4v) is 4.35. The van der Waals surface area contributed by atoms with Crippen molar-refractivity contribution in [3.05, 3.63) is 65.0 Å². The van der Waals surface area contributed by atoms with Crippen molar-refractivity contribution >= 4 is 34.1 Å². The molecular weight excluding hydrogens is 402 g/mol. The third-order valence-electron chi connectivity index (χ3n) is 4.81. The van der Waals surface area contributed by atoms with Crippen LogP contribution >= 0.6 is 23.1 Å². The number of benzene rings is 2. The van der Waals surface area contributed by atoms with Crippen LogP contribution < -0.4 is 5.32 Å². The molecule has 1 aromatic heterocycles. The predicted molar refractivity (Wildman–Crippen MR) is 120 cm³/mol. The van der Waals surface area contributed by atoms with E-state index in [1.807, 2.05) is 23.6 Å². The van der Waals surface area contributed by atoms with Crippen LogP contribution in [-0.2, 0) is 11.3 Å². The molecule has 1 N–H and O–H groups in total. The Morgan fingerprint density at radius 3 is 2.76 bits per heavy atom. The molecule has 1 amide bonds. The lowest BCUT2D eigenvalue weighted by molar-refractivity contribution is 0.0342. The van der Waals surface area contributed by atoms with Crippen molar-refractivity contribution in [3.63, 3.8) is 0 Å². The standard InChI is InChI=1S/C22H23N3O2S2/c1-28-19-7-5-17(6-8-19)20-15-29-22(23-20)24-21(26)18-4-2-3-16(13-18)14-25-9-11-27-12-10-25/h2-8,13,15H,9-12,14H2,1H3,(H,23,24,26). The van der Waals surface area contributed by atoms with Crippen LogP contribution in [0, 0.1) is 0 Å². The lowest BCUT2D eigenvalue weighted by Gasteiger charge is -2.26. The van der Waals surface area contributed by atoms with Crippen molar-refractivity contribution in [3.8, 4) is 11.3 Å². The number of nitrogens with one attached hydrogen (secondary N) is 1. The van der Waals surface area contributed by atoms with E-state index >= 15 is 0 Å². The second-order valence-electron chi connectivity index (χ2n) is 6.81. The maximum absolute atomic E-state index is 12.7. The second kappa shape index (κ2) is 9.54. The first-order valence-corrected chi connectivity index (χ1v) is 11.6. The average Bonchev–Trinajstić information content (AvgIpc) is 3.23. The van der Waals surface area contributed by atoms with E-state index in [4.69, 9.17) is 4.74 Å². The highest BCUT2D eigenvalue weighted by atomic mass is 32.2. The van der Waals surface area contributed by atoms with Gasteiger partial charge in [0.2, 0.25) is 0 Å². The number of carbonyl (C=O) groups excluding carboxylic acids is 1. The number of thiazole rings is 1. The Bertz CT molecular complexity index is 966. The number of hydrogen-bond acceptors (Lipinski definition) is 6. The number of anilines is 1. The van der Waals surface area contributed by atoms with E-state index in [0.29, 0.717) is 10.7 Å². The Kier molecular flexibility index (Phi) is 6.61. The van der Waals surface area contributed by atoms with Gasteiger partial charge in [0, 0.05) is 41.0 Å². The smallest absolute Gasteiger partial charge is 0.257 e. The van der Waals surface area contributed by atoms with Gasteiger partial charge >= 0.3 is 0 Å². The summed E-state index contributed by atoms with van der Waals surface area (Å²) in [6, 6.07) is 16.1. The van der Waals surface area contributed by atoms with Gasteiger partial charge in [-0.05, 0) is 36.1 Å². The van der Waals surface area contributed by atoms with Gasteiger partial charge in [-0.2, -0.15) is 0 Å². The van der Waals surface area contributed by atoms with Crippen LogP contribution in [0.5, 0.6) is 0 Å². The number of morpholine rings is 1. The molecule has 7 heteroatoms. The third kappa shape index (κ3) is 5.25. The number of nitrogens with zero attached hydrogens (tertiary/aromatic N) is 2. The van der Waals surface area contributed by atoms with E-state index in [1.165, 1.54) is 16.2 Å². The van der Waals surface area contributed by atoms with E-state index in [1.54, 1.807) is 11.8 Å². The molecule has 3 aromatic rings.